The minimum atomic E-state index is 0.120. The fraction of sp³-hybridized carbons (Fsp3) is 0.278. The summed E-state index contributed by atoms with van der Waals surface area (Å²) >= 11 is 1.87. The molecule has 1 unspecified atom stereocenters. The van der Waals surface area contributed by atoms with E-state index in [2.05, 4.69) is 0 Å². The zero-order valence-electron chi connectivity index (χ0n) is 12.7. The van der Waals surface area contributed by atoms with Crippen molar-refractivity contribution >= 4 is 23.2 Å². The molecule has 3 aromatic rings. The largest absolute Gasteiger partial charge is 0.468 e. The molecule has 23 heavy (non-hydrogen) atoms. The number of carbonyl (C=O) groups is 1. The van der Waals surface area contributed by atoms with Crippen molar-refractivity contribution in [2.75, 3.05) is 18.8 Å². The van der Waals surface area contributed by atoms with E-state index in [1.165, 1.54) is 0 Å². The highest BCUT2D eigenvalue weighted by atomic mass is 32.2. The molecule has 1 amide bonds. The molecule has 0 saturated carbocycles. The molecular formula is C18H18N2O2S. The van der Waals surface area contributed by atoms with Crippen LogP contribution in [0.2, 0.25) is 0 Å². The highest BCUT2D eigenvalue weighted by Crippen LogP contribution is 2.34. The Balaban J connectivity index is 1.50. The number of pyridine rings is 1. The lowest BCUT2D eigenvalue weighted by Gasteiger charge is -2.19. The summed E-state index contributed by atoms with van der Waals surface area (Å²) in [6, 6.07) is 11.9. The average molecular weight is 326 g/mol. The number of rotatable bonds is 2. The summed E-state index contributed by atoms with van der Waals surface area (Å²) in [6.07, 6.45) is 6.53. The Kier molecular flexibility index (Phi) is 3.87. The molecule has 1 atom stereocenters. The Morgan fingerprint density at radius 3 is 3.00 bits per heavy atom. The standard InChI is InChI=1S/C18H18N2O2S/c21-18(14-12-15-4-1-2-7-20(15)13-14)19-8-6-17(23-11-9-19)16-5-3-10-22-16/h1-5,7,10,12-13,17H,6,8-9,11H2. The van der Waals surface area contributed by atoms with Crippen molar-refractivity contribution in [3.05, 3.63) is 66.4 Å². The van der Waals surface area contributed by atoms with Gasteiger partial charge < -0.3 is 13.7 Å². The molecule has 1 aliphatic rings. The second kappa shape index (κ2) is 6.16. The number of thioether (sulfide) groups is 1. The van der Waals surface area contributed by atoms with Crippen LogP contribution >= 0.6 is 11.8 Å². The Morgan fingerprint density at radius 1 is 1.22 bits per heavy atom. The predicted molar refractivity (Wildman–Crippen MR) is 91.8 cm³/mol. The molecule has 4 rings (SSSR count). The molecular weight excluding hydrogens is 308 g/mol. The van der Waals surface area contributed by atoms with E-state index in [1.807, 2.05) is 69.9 Å². The lowest BCUT2D eigenvalue weighted by atomic mass is 10.2. The smallest absolute Gasteiger partial charge is 0.255 e. The third-order valence-electron chi connectivity index (χ3n) is 4.24. The van der Waals surface area contributed by atoms with Gasteiger partial charge in [-0.1, -0.05) is 6.07 Å². The number of hydrogen-bond donors (Lipinski definition) is 0. The zero-order chi connectivity index (χ0) is 15.6. The van der Waals surface area contributed by atoms with Gasteiger partial charge >= 0.3 is 0 Å². The summed E-state index contributed by atoms with van der Waals surface area (Å²) in [5.41, 5.74) is 1.81. The Morgan fingerprint density at radius 2 is 2.17 bits per heavy atom. The van der Waals surface area contributed by atoms with Gasteiger partial charge in [-0.2, -0.15) is 0 Å². The summed E-state index contributed by atoms with van der Waals surface area (Å²) in [4.78, 5) is 14.8. The second-order valence-corrected chi connectivity index (χ2v) is 7.03. The monoisotopic (exact) mass is 326 g/mol. The first-order valence-corrected chi connectivity index (χ1v) is 8.87. The molecule has 1 saturated heterocycles. The van der Waals surface area contributed by atoms with Crippen molar-refractivity contribution in [3.63, 3.8) is 0 Å². The molecule has 0 bridgehead atoms. The van der Waals surface area contributed by atoms with Crippen molar-refractivity contribution in [2.24, 2.45) is 0 Å². The van der Waals surface area contributed by atoms with E-state index < -0.39 is 0 Å². The van der Waals surface area contributed by atoms with Gasteiger partial charge in [-0.15, -0.1) is 11.8 Å². The first kappa shape index (κ1) is 14.5. The van der Waals surface area contributed by atoms with Gasteiger partial charge in [0.05, 0.1) is 17.1 Å². The van der Waals surface area contributed by atoms with Crippen LogP contribution in [0.15, 0.2) is 59.5 Å². The van der Waals surface area contributed by atoms with Crippen LogP contribution in [0.5, 0.6) is 0 Å². The summed E-state index contributed by atoms with van der Waals surface area (Å²) in [5, 5.41) is 0.343. The molecule has 118 valence electrons. The molecule has 0 spiro atoms. The summed E-state index contributed by atoms with van der Waals surface area (Å²) in [6.45, 7) is 1.55. The predicted octanol–water partition coefficient (Wildman–Crippen LogP) is 3.85. The number of aromatic nitrogens is 1. The number of carbonyl (C=O) groups excluding carboxylic acids is 1. The second-order valence-electron chi connectivity index (χ2n) is 5.72. The molecule has 1 fully saturated rings. The molecule has 1 aliphatic heterocycles. The molecule has 4 heterocycles. The van der Waals surface area contributed by atoms with Crippen LogP contribution in [0.1, 0.15) is 27.8 Å². The fourth-order valence-electron chi connectivity index (χ4n) is 3.03. The highest BCUT2D eigenvalue weighted by Gasteiger charge is 2.24. The maximum Gasteiger partial charge on any atom is 0.255 e. The van der Waals surface area contributed by atoms with Crippen molar-refractivity contribution in [1.29, 1.82) is 0 Å². The van der Waals surface area contributed by atoms with E-state index in [9.17, 15) is 4.79 Å². The normalized spacial score (nSPS) is 19.0. The van der Waals surface area contributed by atoms with Gasteiger partial charge in [0, 0.05) is 36.8 Å². The Hall–Kier alpha value is -2.14. The van der Waals surface area contributed by atoms with E-state index in [0.717, 1.165) is 42.1 Å². The van der Waals surface area contributed by atoms with Crippen LogP contribution in [0, 0.1) is 0 Å². The van der Waals surface area contributed by atoms with Crippen molar-refractivity contribution < 1.29 is 9.21 Å². The molecule has 0 radical (unpaired) electrons. The maximum absolute atomic E-state index is 12.8. The average Bonchev–Trinajstić information content (AvgIpc) is 3.19. The third-order valence-corrected chi connectivity index (χ3v) is 5.53. The SMILES string of the molecule is O=C(c1cc2ccccn2c1)N1CCSC(c2ccco2)CC1. The quantitative estimate of drug-likeness (QED) is 0.718. The van der Waals surface area contributed by atoms with E-state index >= 15 is 0 Å². The summed E-state index contributed by atoms with van der Waals surface area (Å²) in [7, 11) is 0. The first-order valence-electron chi connectivity index (χ1n) is 7.82. The Labute approximate surface area is 139 Å². The summed E-state index contributed by atoms with van der Waals surface area (Å²) in [5.74, 6) is 2.07. The van der Waals surface area contributed by atoms with E-state index in [4.69, 9.17) is 4.42 Å². The van der Waals surface area contributed by atoms with E-state index in [0.29, 0.717) is 5.25 Å². The third kappa shape index (κ3) is 2.88. The zero-order valence-corrected chi connectivity index (χ0v) is 13.5. The lowest BCUT2D eigenvalue weighted by molar-refractivity contribution is 0.0766. The molecule has 0 aliphatic carbocycles. The van der Waals surface area contributed by atoms with E-state index in [1.54, 1.807) is 6.26 Å². The number of amides is 1. The number of furan rings is 1. The number of hydrogen-bond acceptors (Lipinski definition) is 3. The number of nitrogens with zero attached hydrogens (tertiary/aromatic N) is 2. The molecule has 3 aromatic heterocycles. The highest BCUT2D eigenvalue weighted by molar-refractivity contribution is 7.99. The van der Waals surface area contributed by atoms with Crippen LogP contribution in [-0.4, -0.2) is 34.1 Å². The van der Waals surface area contributed by atoms with Gasteiger partial charge in [0.2, 0.25) is 0 Å². The van der Waals surface area contributed by atoms with Crippen LogP contribution in [0.4, 0.5) is 0 Å². The van der Waals surface area contributed by atoms with Crippen LogP contribution in [0.25, 0.3) is 5.52 Å². The fourth-order valence-corrected chi connectivity index (χ4v) is 4.21. The number of fused-ring (bicyclic) bond motifs is 1. The van der Waals surface area contributed by atoms with Crippen molar-refractivity contribution in [2.45, 2.75) is 11.7 Å². The molecule has 0 aromatic carbocycles. The van der Waals surface area contributed by atoms with Gasteiger partial charge in [-0.05, 0) is 36.8 Å². The topological polar surface area (TPSA) is 37.9 Å². The van der Waals surface area contributed by atoms with Crippen LogP contribution in [-0.2, 0) is 0 Å². The van der Waals surface area contributed by atoms with Crippen LogP contribution < -0.4 is 0 Å². The molecule has 5 heteroatoms. The minimum absolute atomic E-state index is 0.120. The van der Waals surface area contributed by atoms with Gasteiger partial charge in [0.1, 0.15) is 5.76 Å². The Bertz CT molecular complexity index is 776. The van der Waals surface area contributed by atoms with Gasteiger partial charge in [-0.25, -0.2) is 0 Å². The first-order chi connectivity index (χ1) is 11.3. The lowest BCUT2D eigenvalue weighted by Crippen LogP contribution is -2.32. The molecule has 0 N–H and O–H groups in total. The van der Waals surface area contributed by atoms with Gasteiger partial charge in [0.15, 0.2) is 0 Å². The molecule has 4 nitrogen and oxygen atoms in total. The van der Waals surface area contributed by atoms with Crippen LogP contribution in [0.3, 0.4) is 0 Å². The van der Waals surface area contributed by atoms with Crippen molar-refractivity contribution in [3.8, 4) is 0 Å². The maximum atomic E-state index is 12.8. The van der Waals surface area contributed by atoms with Crippen molar-refractivity contribution in [1.82, 2.24) is 9.30 Å². The van der Waals surface area contributed by atoms with Gasteiger partial charge in [-0.3, -0.25) is 4.79 Å². The van der Waals surface area contributed by atoms with Gasteiger partial charge in [0.25, 0.3) is 5.91 Å². The summed E-state index contributed by atoms with van der Waals surface area (Å²) < 4.78 is 7.51. The van der Waals surface area contributed by atoms with E-state index in [-0.39, 0.29) is 5.91 Å². The minimum Gasteiger partial charge on any atom is -0.468 e.